The molecule has 2 aromatic rings. The highest BCUT2D eigenvalue weighted by Gasteiger charge is 2.46. The van der Waals surface area contributed by atoms with Crippen LogP contribution in [0.2, 0.25) is 5.02 Å². The van der Waals surface area contributed by atoms with Crippen LogP contribution in [0.5, 0.6) is 5.75 Å². The van der Waals surface area contributed by atoms with Crippen molar-refractivity contribution >= 4 is 33.0 Å². The van der Waals surface area contributed by atoms with E-state index in [-0.39, 0.29) is 28.7 Å². The van der Waals surface area contributed by atoms with Gasteiger partial charge in [-0.1, -0.05) is 25.1 Å². The van der Waals surface area contributed by atoms with Gasteiger partial charge in [0.2, 0.25) is 0 Å². The van der Waals surface area contributed by atoms with Gasteiger partial charge in [0.25, 0.3) is 5.91 Å². The van der Waals surface area contributed by atoms with E-state index in [1.165, 1.54) is 19.2 Å². The van der Waals surface area contributed by atoms with Crippen LogP contribution in [0.4, 0.5) is 5.69 Å². The minimum atomic E-state index is -3.61. The first-order valence-corrected chi connectivity index (χ1v) is 10.3. The third-order valence-corrected chi connectivity index (χ3v) is 7.06. The Balaban J connectivity index is 1.87. The second-order valence-corrected chi connectivity index (χ2v) is 9.27. The van der Waals surface area contributed by atoms with Crippen molar-refractivity contribution in [3.8, 4) is 5.75 Å². The zero-order valence-corrected chi connectivity index (χ0v) is 16.7. The third kappa shape index (κ3) is 3.73. The Kier molecular flexibility index (Phi) is 5.06. The minimum Gasteiger partial charge on any atom is -0.497 e. The molecule has 0 N–H and O–H groups in total. The Labute approximate surface area is 164 Å². The Morgan fingerprint density at radius 3 is 2.30 bits per heavy atom. The molecule has 1 fully saturated rings. The Hall–Kier alpha value is -2.31. The molecule has 1 heterocycles. The number of carbonyl (C=O) groups is 1. The van der Waals surface area contributed by atoms with Crippen LogP contribution < -0.4 is 9.64 Å². The summed E-state index contributed by atoms with van der Waals surface area (Å²) in [4.78, 5) is 14.4. The lowest BCUT2D eigenvalue weighted by Gasteiger charge is -2.24. The fourth-order valence-electron chi connectivity index (χ4n) is 3.19. The van der Waals surface area contributed by atoms with E-state index in [2.05, 4.69) is 6.58 Å². The molecule has 0 aromatic heterocycles. The van der Waals surface area contributed by atoms with Crippen LogP contribution >= 0.6 is 11.6 Å². The molecule has 0 bridgehead atoms. The van der Waals surface area contributed by atoms with Gasteiger partial charge in [-0.3, -0.25) is 4.79 Å². The van der Waals surface area contributed by atoms with Crippen LogP contribution in [0.15, 0.2) is 65.6 Å². The molecule has 0 spiro atoms. The van der Waals surface area contributed by atoms with Crippen LogP contribution in [0.3, 0.4) is 0 Å². The van der Waals surface area contributed by atoms with Crippen LogP contribution in [-0.2, 0) is 14.6 Å². The molecule has 3 rings (SSSR count). The maximum atomic E-state index is 12.9. The Bertz CT molecular complexity index is 984. The predicted molar refractivity (Wildman–Crippen MR) is 106 cm³/mol. The van der Waals surface area contributed by atoms with E-state index in [4.69, 9.17) is 16.3 Å². The van der Waals surface area contributed by atoms with Crippen molar-refractivity contribution in [2.45, 2.75) is 11.8 Å². The second kappa shape index (κ2) is 7.02. The number of amides is 1. The summed E-state index contributed by atoms with van der Waals surface area (Å²) in [6.07, 6.45) is 0. The van der Waals surface area contributed by atoms with Crippen molar-refractivity contribution in [1.82, 2.24) is 0 Å². The molecule has 5 nitrogen and oxygen atoms in total. The molecule has 1 amide bonds. The molecular weight excluding hydrogens is 386 g/mol. The first-order valence-electron chi connectivity index (χ1n) is 8.30. The summed E-state index contributed by atoms with van der Waals surface area (Å²) in [7, 11) is -2.09. The molecule has 1 unspecified atom stereocenters. The SMILES string of the molecule is C=C1C(=O)N(c2ccc(Cl)cc2)CC1(C)CS(=O)(=O)c1ccc(OC)cc1. The maximum absolute atomic E-state index is 12.9. The number of hydrogen-bond donors (Lipinski definition) is 0. The zero-order valence-electron chi connectivity index (χ0n) is 15.1. The van der Waals surface area contributed by atoms with Crippen molar-refractivity contribution in [3.63, 3.8) is 0 Å². The largest absolute Gasteiger partial charge is 0.497 e. The van der Waals surface area contributed by atoms with Gasteiger partial charge >= 0.3 is 0 Å². The second-order valence-electron chi connectivity index (χ2n) is 6.84. The smallest absolute Gasteiger partial charge is 0.254 e. The van der Waals surface area contributed by atoms with E-state index >= 15 is 0 Å². The number of ether oxygens (including phenoxy) is 1. The van der Waals surface area contributed by atoms with Gasteiger partial charge in [-0.15, -0.1) is 0 Å². The number of benzene rings is 2. The Morgan fingerprint density at radius 1 is 1.15 bits per heavy atom. The number of halogens is 1. The zero-order chi connectivity index (χ0) is 19.8. The topological polar surface area (TPSA) is 63.7 Å². The predicted octanol–water partition coefficient (Wildman–Crippen LogP) is 3.73. The minimum absolute atomic E-state index is 0.190. The summed E-state index contributed by atoms with van der Waals surface area (Å²) in [6, 6.07) is 13.1. The van der Waals surface area contributed by atoms with Gasteiger partial charge in [0.05, 0.1) is 17.8 Å². The highest BCUT2D eigenvalue weighted by molar-refractivity contribution is 7.91. The average molecular weight is 406 g/mol. The highest BCUT2D eigenvalue weighted by Crippen LogP contribution is 2.40. The molecule has 1 aliphatic rings. The number of nitrogens with zero attached hydrogens (tertiary/aromatic N) is 1. The van der Waals surface area contributed by atoms with Crippen molar-refractivity contribution < 1.29 is 17.9 Å². The molecular formula is C20H20ClNO4S. The van der Waals surface area contributed by atoms with E-state index in [1.807, 2.05) is 0 Å². The van der Waals surface area contributed by atoms with Gasteiger partial charge in [-0.05, 0) is 48.5 Å². The van der Waals surface area contributed by atoms with E-state index in [0.717, 1.165) is 0 Å². The number of hydrogen-bond acceptors (Lipinski definition) is 4. The standard InChI is InChI=1S/C20H20ClNO4S/c1-14-19(23)22(16-6-4-15(21)5-7-16)12-20(14,2)13-27(24,25)18-10-8-17(26-3)9-11-18/h4-11H,1,12-13H2,2-3H3. The van der Waals surface area contributed by atoms with Gasteiger partial charge in [0.15, 0.2) is 9.84 Å². The summed E-state index contributed by atoms with van der Waals surface area (Å²) in [5.74, 6) is 0.0975. The molecule has 1 saturated heterocycles. The van der Waals surface area contributed by atoms with Crippen LogP contribution in [0, 0.1) is 5.41 Å². The molecule has 1 atom stereocenters. The quantitative estimate of drug-likeness (QED) is 0.711. The van der Waals surface area contributed by atoms with Crippen molar-refractivity contribution in [3.05, 3.63) is 65.7 Å². The molecule has 27 heavy (non-hydrogen) atoms. The Morgan fingerprint density at radius 2 is 1.74 bits per heavy atom. The first kappa shape index (κ1) is 19.5. The van der Waals surface area contributed by atoms with Crippen molar-refractivity contribution in [2.75, 3.05) is 24.3 Å². The van der Waals surface area contributed by atoms with E-state index in [1.54, 1.807) is 48.2 Å². The number of rotatable bonds is 5. The van der Waals surface area contributed by atoms with Crippen molar-refractivity contribution in [2.24, 2.45) is 5.41 Å². The van der Waals surface area contributed by atoms with Gasteiger partial charge < -0.3 is 9.64 Å². The summed E-state index contributed by atoms with van der Waals surface area (Å²) in [5.41, 5.74) is 0.0563. The summed E-state index contributed by atoms with van der Waals surface area (Å²) < 4.78 is 30.9. The monoisotopic (exact) mass is 405 g/mol. The summed E-state index contributed by atoms with van der Waals surface area (Å²) in [5, 5.41) is 0.564. The third-order valence-electron chi connectivity index (χ3n) is 4.80. The van der Waals surface area contributed by atoms with Gasteiger partial charge in [0, 0.05) is 28.2 Å². The first-order chi connectivity index (χ1) is 12.7. The van der Waals surface area contributed by atoms with Gasteiger partial charge in [-0.2, -0.15) is 0 Å². The number of sulfone groups is 1. The lowest BCUT2D eigenvalue weighted by molar-refractivity contribution is -0.114. The average Bonchev–Trinajstić information content (AvgIpc) is 2.86. The maximum Gasteiger partial charge on any atom is 0.254 e. The fraction of sp³-hybridized carbons (Fsp3) is 0.250. The molecule has 7 heteroatoms. The van der Waals surface area contributed by atoms with Gasteiger partial charge in [-0.25, -0.2) is 8.42 Å². The van der Waals surface area contributed by atoms with Crippen LogP contribution in [0.25, 0.3) is 0 Å². The molecule has 0 saturated carbocycles. The highest BCUT2D eigenvalue weighted by atomic mass is 35.5. The van der Waals surface area contributed by atoms with Crippen molar-refractivity contribution in [1.29, 1.82) is 0 Å². The van der Waals surface area contributed by atoms with Gasteiger partial charge in [0.1, 0.15) is 5.75 Å². The molecule has 1 aliphatic heterocycles. The van der Waals surface area contributed by atoms with Crippen LogP contribution in [-0.4, -0.2) is 33.7 Å². The number of anilines is 1. The van der Waals surface area contributed by atoms with E-state index in [0.29, 0.717) is 16.5 Å². The molecule has 0 radical (unpaired) electrons. The van der Waals surface area contributed by atoms with E-state index in [9.17, 15) is 13.2 Å². The number of carbonyl (C=O) groups excluding carboxylic acids is 1. The summed E-state index contributed by atoms with van der Waals surface area (Å²) >= 11 is 5.91. The lowest BCUT2D eigenvalue weighted by atomic mass is 9.88. The lowest BCUT2D eigenvalue weighted by Crippen LogP contribution is -2.32. The molecule has 142 valence electrons. The molecule has 2 aromatic carbocycles. The summed E-state index contributed by atoms with van der Waals surface area (Å²) in [6.45, 7) is 5.88. The molecule has 0 aliphatic carbocycles. The number of methoxy groups -OCH3 is 1. The van der Waals surface area contributed by atoms with Crippen LogP contribution in [0.1, 0.15) is 6.92 Å². The van der Waals surface area contributed by atoms with E-state index < -0.39 is 15.3 Å². The fourth-order valence-corrected chi connectivity index (χ4v) is 5.13. The normalized spacial score (nSPS) is 20.2.